The molecule has 0 atom stereocenters. The van der Waals surface area contributed by atoms with Crippen molar-refractivity contribution in [3.63, 3.8) is 0 Å². The number of aromatic amines is 1. The summed E-state index contributed by atoms with van der Waals surface area (Å²) in [5.74, 6) is 0.687. The number of hydrogen-bond acceptors (Lipinski definition) is 2. The van der Waals surface area contributed by atoms with E-state index in [1.165, 1.54) is 51.3 Å². The summed E-state index contributed by atoms with van der Waals surface area (Å²) in [5.41, 5.74) is 6.32. The van der Waals surface area contributed by atoms with Crippen molar-refractivity contribution in [2.24, 2.45) is 0 Å². The van der Waals surface area contributed by atoms with Crippen molar-refractivity contribution in [1.29, 1.82) is 0 Å². The van der Waals surface area contributed by atoms with Gasteiger partial charge in [0.1, 0.15) is 0 Å². The zero-order valence-electron chi connectivity index (χ0n) is 14.1. The van der Waals surface area contributed by atoms with E-state index in [0.29, 0.717) is 5.92 Å². The number of pyridine rings is 1. The molecule has 0 aliphatic carbocycles. The second kappa shape index (κ2) is 6.01. The largest absolute Gasteiger partial charge is 0.354 e. The summed E-state index contributed by atoms with van der Waals surface area (Å²) in [6.07, 6.45) is 6.16. The Morgan fingerprint density at radius 3 is 2.44 bits per heavy atom. The fourth-order valence-electron chi connectivity index (χ4n) is 4.05. The highest BCUT2D eigenvalue weighted by Gasteiger charge is 2.16. The highest BCUT2D eigenvalue weighted by atomic mass is 14.9. The Kier molecular flexibility index (Phi) is 3.53. The number of hydrogen-bond donors (Lipinski definition) is 2. The maximum atomic E-state index is 4.11. The summed E-state index contributed by atoms with van der Waals surface area (Å²) in [5, 5.41) is 6.11. The molecular formula is C22H21N3. The molecule has 1 aliphatic rings. The predicted octanol–water partition coefficient (Wildman–Crippen LogP) is 4.85. The summed E-state index contributed by atoms with van der Waals surface area (Å²) in [6, 6.07) is 17.8. The zero-order chi connectivity index (χ0) is 16.6. The highest BCUT2D eigenvalue weighted by Crippen LogP contribution is 2.33. The minimum Gasteiger partial charge on any atom is -0.354 e. The maximum Gasteiger partial charge on any atom is 0.0471 e. The van der Waals surface area contributed by atoms with Crippen molar-refractivity contribution in [3.8, 4) is 11.1 Å². The summed E-state index contributed by atoms with van der Waals surface area (Å²) in [4.78, 5) is 7.70. The molecule has 3 nitrogen and oxygen atoms in total. The van der Waals surface area contributed by atoms with Crippen LogP contribution >= 0.6 is 0 Å². The lowest BCUT2D eigenvalue weighted by atomic mass is 9.89. The van der Waals surface area contributed by atoms with E-state index in [9.17, 15) is 0 Å². The van der Waals surface area contributed by atoms with E-state index in [0.717, 1.165) is 13.1 Å². The molecule has 2 N–H and O–H groups in total. The number of fused-ring (bicyclic) bond motifs is 3. The lowest BCUT2D eigenvalue weighted by Crippen LogP contribution is -2.26. The average molecular weight is 327 g/mol. The Morgan fingerprint density at radius 2 is 1.60 bits per heavy atom. The molecule has 3 heterocycles. The standard InChI is InChI=1S/C22H21N3/c1-3-19-20-13-17(15-5-9-23-10-6-15)2-4-21(20)25-22(19)14-18(1)16-7-11-24-12-8-16/h1-4,7-8,11-15,23,25H,5-6,9-10H2. The van der Waals surface area contributed by atoms with Crippen LogP contribution in [-0.4, -0.2) is 23.1 Å². The molecule has 0 spiro atoms. The van der Waals surface area contributed by atoms with Crippen molar-refractivity contribution in [2.45, 2.75) is 18.8 Å². The normalized spacial score (nSPS) is 15.8. The average Bonchev–Trinajstić information content (AvgIpc) is 3.06. The maximum absolute atomic E-state index is 4.11. The van der Waals surface area contributed by atoms with E-state index in [2.05, 4.69) is 63.8 Å². The zero-order valence-corrected chi connectivity index (χ0v) is 14.1. The Hall–Kier alpha value is -2.65. The summed E-state index contributed by atoms with van der Waals surface area (Å²) >= 11 is 0. The molecule has 0 amide bonds. The molecule has 4 aromatic rings. The first-order valence-corrected chi connectivity index (χ1v) is 9.05. The molecule has 124 valence electrons. The quantitative estimate of drug-likeness (QED) is 0.552. The third-order valence-electron chi connectivity index (χ3n) is 5.45. The van der Waals surface area contributed by atoms with E-state index in [1.54, 1.807) is 0 Å². The van der Waals surface area contributed by atoms with E-state index in [-0.39, 0.29) is 0 Å². The Balaban J connectivity index is 1.61. The monoisotopic (exact) mass is 327 g/mol. The van der Waals surface area contributed by atoms with Gasteiger partial charge in [0.25, 0.3) is 0 Å². The van der Waals surface area contributed by atoms with Gasteiger partial charge in [0.2, 0.25) is 0 Å². The molecule has 1 aliphatic heterocycles. The second-order valence-corrected chi connectivity index (χ2v) is 6.95. The molecular weight excluding hydrogens is 306 g/mol. The number of aromatic nitrogens is 2. The fraction of sp³-hybridized carbons (Fsp3) is 0.227. The molecule has 2 aromatic heterocycles. The number of H-pyrrole nitrogens is 1. The lowest BCUT2D eigenvalue weighted by molar-refractivity contribution is 0.460. The predicted molar refractivity (Wildman–Crippen MR) is 104 cm³/mol. The van der Waals surface area contributed by atoms with Crippen LogP contribution in [0, 0.1) is 0 Å². The van der Waals surface area contributed by atoms with Crippen LogP contribution in [0.25, 0.3) is 32.9 Å². The lowest BCUT2D eigenvalue weighted by Gasteiger charge is -2.23. The van der Waals surface area contributed by atoms with Crippen molar-refractivity contribution >= 4 is 21.8 Å². The minimum atomic E-state index is 0.687. The van der Waals surface area contributed by atoms with Crippen molar-refractivity contribution in [1.82, 2.24) is 15.3 Å². The molecule has 0 unspecified atom stereocenters. The number of piperidine rings is 1. The minimum absolute atomic E-state index is 0.687. The van der Waals surface area contributed by atoms with Crippen LogP contribution in [-0.2, 0) is 0 Å². The van der Waals surface area contributed by atoms with Gasteiger partial charge in [-0.3, -0.25) is 4.98 Å². The molecule has 0 saturated carbocycles. The Labute approximate surface area is 147 Å². The van der Waals surface area contributed by atoms with Crippen LogP contribution in [0.4, 0.5) is 0 Å². The molecule has 1 saturated heterocycles. The SMILES string of the molecule is c1cc(-c2ccc3c(c2)[nH]c2ccc(C4CCNCC4)cc23)ccn1. The molecule has 25 heavy (non-hydrogen) atoms. The molecule has 0 radical (unpaired) electrons. The van der Waals surface area contributed by atoms with Crippen molar-refractivity contribution < 1.29 is 0 Å². The second-order valence-electron chi connectivity index (χ2n) is 6.95. The van der Waals surface area contributed by atoms with Crippen molar-refractivity contribution in [3.05, 3.63) is 66.5 Å². The number of nitrogens with zero attached hydrogens (tertiary/aromatic N) is 1. The fourth-order valence-corrected chi connectivity index (χ4v) is 4.05. The van der Waals surface area contributed by atoms with E-state index < -0.39 is 0 Å². The van der Waals surface area contributed by atoms with Gasteiger partial charge in [0.05, 0.1) is 0 Å². The van der Waals surface area contributed by atoms with Gasteiger partial charge in [-0.2, -0.15) is 0 Å². The van der Waals surface area contributed by atoms with Gasteiger partial charge in [-0.1, -0.05) is 18.2 Å². The van der Waals surface area contributed by atoms with Gasteiger partial charge >= 0.3 is 0 Å². The van der Waals surface area contributed by atoms with Gasteiger partial charge in [0.15, 0.2) is 0 Å². The van der Waals surface area contributed by atoms with Crippen LogP contribution in [0.3, 0.4) is 0 Å². The third-order valence-corrected chi connectivity index (χ3v) is 5.45. The topological polar surface area (TPSA) is 40.7 Å². The Bertz CT molecular complexity index is 1030. The van der Waals surface area contributed by atoms with Gasteiger partial charge in [-0.15, -0.1) is 0 Å². The van der Waals surface area contributed by atoms with Gasteiger partial charge in [-0.25, -0.2) is 0 Å². The summed E-state index contributed by atoms with van der Waals surface area (Å²) in [6.45, 7) is 2.26. The number of nitrogens with one attached hydrogen (secondary N) is 2. The van der Waals surface area contributed by atoms with Crippen LogP contribution in [0.1, 0.15) is 24.3 Å². The first kappa shape index (κ1) is 14.7. The smallest absolute Gasteiger partial charge is 0.0471 e. The number of rotatable bonds is 2. The first-order valence-electron chi connectivity index (χ1n) is 9.05. The van der Waals surface area contributed by atoms with Gasteiger partial charge < -0.3 is 10.3 Å². The number of benzene rings is 2. The summed E-state index contributed by atoms with van der Waals surface area (Å²) < 4.78 is 0. The summed E-state index contributed by atoms with van der Waals surface area (Å²) in [7, 11) is 0. The van der Waals surface area contributed by atoms with Crippen LogP contribution in [0.5, 0.6) is 0 Å². The molecule has 1 fully saturated rings. The van der Waals surface area contributed by atoms with Crippen molar-refractivity contribution in [2.75, 3.05) is 13.1 Å². The van der Waals surface area contributed by atoms with E-state index in [1.807, 2.05) is 12.4 Å². The van der Waals surface area contributed by atoms with E-state index >= 15 is 0 Å². The third kappa shape index (κ3) is 2.61. The van der Waals surface area contributed by atoms with Gasteiger partial charge in [0, 0.05) is 34.2 Å². The first-order chi connectivity index (χ1) is 12.4. The van der Waals surface area contributed by atoms with Crippen LogP contribution < -0.4 is 5.32 Å². The van der Waals surface area contributed by atoms with E-state index in [4.69, 9.17) is 0 Å². The molecule has 5 rings (SSSR count). The van der Waals surface area contributed by atoms with Gasteiger partial charge in [-0.05, 0) is 78.9 Å². The molecule has 2 aromatic carbocycles. The Morgan fingerprint density at radius 1 is 0.760 bits per heavy atom. The van der Waals surface area contributed by atoms with Crippen LogP contribution in [0.2, 0.25) is 0 Å². The highest BCUT2D eigenvalue weighted by molar-refractivity contribution is 6.08. The van der Waals surface area contributed by atoms with Crippen LogP contribution in [0.15, 0.2) is 60.9 Å². The molecule has 0 bridgehead atoms. The molecule has 3 heteroatoms.